The summed E-state index contributed by atoms with van der Waals surface area (Å²) in [6, 6.07) is 8.45. The molecule has 7 atom stereocenters. The Balaban J connectivity index is 1.36. The average Bonchev–Trinajstić information content (AvgIpc) is 3.40. The SMILES string of the molecule is CN(C)C1CC23CCC4(O2)C(=CC(C)(C)C2(C)C(c5ccc6c(N)nccc6c5)=CCC42)C=C3C(O)C1O. The first kappa shape index (κ1) is 24.5. The predicted molar refractivity (Wildman–Crippen MR) is 150 cm³/mol. The second kappa shape index (κ2) is 7.57. The third kappa shape index (κ3) is 2.84. The van der Waals surface area contributed by atoms with Crippen molar-refractivity contribution in [2.24, 2.45) is 16.7 Å². The number of aliphatic hydroxyl groups excluding tert-OH is 2. The number of aliphatic hydroxyl groups is 2. The maximum atomic E-state index is 11.3. The second-order valence-corrected chi connectivity index (χ2v) is 13.3. The number of benzene rings is 1. The molecule has 2 fully saturated rings. The zero-order chi connectivity index (χ0) is 26.8. The van der Waals surface area contributed by atoms with E-state index in [1.807, 2.05) is 25.1 Å². The Hall–Kier alpha value is -2.51. The summed E-state index contributed by atoms with van der Waals surface area (Å²) in [4.78, 5) is 6.29. The lowest BCUT2D eigenvalue weighted by molar-refractivity contribution is -0.170. The van der Waals surface area contributed by atoms with Gasteiger partial charge >= 0.3 is 0 Å². The van der Waals surface area contributed by atoms with Gasteiger partial charge in [-0.2, -0.15) is 0 Å². The molecule has 2 aliphatic heterocycles. The minimum atomic E-state index is -0.915. The predicted octanol–water partition coefficient (Wildman–Crippen LogP) is 4.48. The maximum absolute atomic E-state index is 11.3. The lowest BCUT2D eigenvalue weighted by atomic mass is 9.49. The van der Waals surface area contributed by atoms with E-state index in [-0.39, 0.29) is 22.8 Å². The van der Waals surface area contributed by atoms with E-state index in [4.69, 9.17) is 10.5 Å². The number of pyridine rings is 1. The average molecular weight is 514 g/mol. The lowest BCUT2D eigenvalue weighted by Crippen LogP contribution is -2.63. The molecule has 6 heteroatoms. The number of nitrogens with zero attached hydrogens (tertiary/aromatic N) is 2. The summed E-state index contributed by atoms with van der Waals surface area (Å²) in [5.41, 5.74) is 9.61. The summed E-state index contributed by atoms with van der Waals surface area (Å²) in [7, 11) is 3.96. The number of hydrogen-bond acceptors (Lipinski definition) is 6. The second-order valence-electron chi connectivity index (χ2n) is 13.3. The van der Waals surface area contributed by atoms with Crippen molar-refractivity contribution in [2.75, 3.05) is 19.8 Å². The van der Waals surface area contributed by atoms with Gasteiger partial charge in [0, 0.05) is 29.0 Å². The van der Waals surface area contributed by atoms with Crippen LogP contribution in [0, 0.1) is 16.7 Å². The van der Waals surface area contributed by atoms with Crippen LogP contribution < -0.4 is 5.73 Å². The molecule has 3 heterocycles. The minimum absolute atomic E-state index is 0.145. The number of ether oxygens (including phenoxy) is 1. The molecule has 200 valence electrons. The number of likely N-dealkylation sites (N-methyl/N-ethyl adjacent to an activating group) is 1. The molecule has 2 spiro atoms. The topological polar surface area (TPSA) is 91.8 Å². The number of rotatable bonds is 2. The molecule has 4 N–H and O–H groups in total. The van der Waals surface area contributed by atoms with Gasteiger partial charge in [0.2, 0.25) is 0 Å². The van der Waals surface area contributed by atoms with Crippen molar-refractivity contribution >= 4 is 22.2 Å². The minimum Gasteiger partial charge on any atom is -0.388 e. The molecule has 2 aromatic rings. The zero-order valence-electron chi connectivity index (χ0n) is 23.0. The number of allylic oxidation sites excluding steroid dienone is 3. The Kier molecular flexibility index (Phi) is 4.88. The number of nitrogens with two attached hydrogens (primary N) is 1. The van der Waals surface area contributed by atoms with Gasteiger partial charge in [0.1, 0.15) is 11.9 Å². The Morgan fingerprint density at radius 3 is 2.66 bits per heavy atom. The fourth-order valence-electron chi connectivity index (χ4n) is 8.88. The fraction of sp³-hybridized carbons (Fsp3) is 0.531. The van der Waals surface area contributed by atoms with Gasteiger partial charge in [0.15, 0.2) is 0 Å². The monoisotopic (exact) mass is 513 g/mol. The van der Waals surface area contributed by atoms with Crippen LogP contribution in [0.4, 0.5) is 5.82 Å². The first-order chi connectivity index (χ1) is 17.9. The van der Waals surface area contributed by atoms with E-state index in [0.29, 0.717) is 12.2 Å². The van der Waals surface area contributed by atoms with Crippen LogP contribution in [0.3, 0.4) is 0 Å². The standard InChI is InChI=1S/C32H39N3O3/c1-29(2)16-20-15-23-26(36)27(37)24(35(4)5)17-31(23)11-12-32(20,38-31)25-9-8-22(30(25,29)3)19-6-7-21-18(14-19)10-13-34-28(21)33/h6-8,10,13-16,24-27,36-37H,9,11-12,17H2,1-5H3,(H2,33,34). The Morgan fingerprint density at radius 1 is 1.11 bits per heavy atom. The van der Waals surface area contributed by atoms with E-state index >= 15 is 0 Å². The van der Waals surface area contributed by atoms with Crippen LogP contribution in [0.2, 0.25) is 0 Å². The molecule has 0 radical (unpaired) electrons. The molecule has 1 saturated carbocycles. The lowest BCUT2D eigenvalue weighted by Gasteiger charge is -2.60. The van der Waals surface area contributed by atoms with Crippen LogP contribution in [-0.2, 0) is 4.74 Å². The molecule has 0 amide bonds. The quantitative estimate of drug-likeness (QED) is 0.549. The van der Waals surface area contributed by atoms with Crippen molar-refractivity contribution in [3.05, 3.63) is 65.4 Å². The molecule has 6 nitrogen and oxygen atoms in total. The van der Waals surface area contributed by atoms with E-state index in [1.165, 1.54) is 16.7 Å². The maximum Gasteiger partial charge on any atom is 0.131 e. The number of hydrogen-bond donors (Lipinski definition) is 3. The Morgan fingerprint density at radius 2 is 1.89 bits per heavy atom. The van der Waals surface area contributed by atoms with Crippen molar-refractivity contribution in [3.8, 4) is 0 Å². The molecule has 3 aliphatic carbocycles. The first-order valence-corrected chi connectivity index (χ1v) is 14.0. The smallest absolute Gasteiger partial charge is 0.131 e. The molecule has 7 unspecified atom stereocenters. The van der Waals surface area contributed by atoms with Gasteiger partial charge in [-0.15, -0.1) is 0 Å². The number of aromatic nitrogens is 1. The third-order valence-corrected chi connectivity index (χ3v) is 11.2. The highest BCUT2D eigenvalue weighted by atomic mass is 16.5. The van der Waals surface area contributed by atoms with E-state index in [9.17, 15) is 10.2 Å². The van der Waals surface area contributed by atoms with Gasteiger partial charge < -0.3 is 25.6 Å². The van der Waals surface area contributed by atoms with E-state index in [1.54, 1.807) is 6.20 Å². The number of nitrogen functional groups attached to an aromatic ring is 1. The molecule has 38 heavy (non-hydrogen) atoms. The van der Waals surface area contributed by atoms with Gasteiger partial charge in [0.05, 0.1) is 17.3 Å². The largest absolute Gasteiger partial charge is 0.388 e. The van der Waals surface area contributed by atoms with Crippen molar-refractivity contribution in [2.45, 2.75) is 75.9 Å². The van der Waals surface area contributed by atoms with Crippen LogP contribution >= 0.6 is 0 Å². The highest BCUT2D eigenvalue weighted by molar-refractivity contribution is 5.93. The molecule has 2 bridgehead atoms. The summed E-state index contributed by atoms with van der Waals surface area (Å²) in [5, 5.41) is 24.4. The van der Waals surface area contributed by atoms with Crippen molar-refractivity contribution in [1.82, 2.24) is 9.88 Å². The number of fused-ring (bicyclic) bond motifs is 2. The van der Waals surface area contributed by atoms with E-state index in [2.05, 4.69) is 62.2 Å². The Labute approximate surface area is 224 Å². The Bertz CT molecular complexity index is 1460. The van der Waals surface area contributed by atoms with E-state index < -0.39 is 23.4 Å². The first-order valence-electron chi connectivity index (χ1n) is 14.0. The van der Waals surface area contributed by atoms with Crippen LogP contribution in [0.5, 0.6) is 0 Å². The van der Waals surface area contributed by atoms with Crippen LogP contribution in [-0.4, -0.2) is 63.6 Å². The van der Waals surface area contributed by atoms with Crippen molar-refractivity contribution < 1.29 is 14.9 Å². The van der Waals surface area contributed by atoms with Gasteiger partial charge in [-0.1, -0.05) is 51.1 Å². The molecule has 7 rings (SSSR count). The van der Waals surface area contributed by atoms with Gasteiger partial charge in [-0.05, 0) is 85.0 Å². The third-order valence-electron chi connectivity index (χ3n) is 11.2. The van der Waals surface area contributed by atoms with Crippen LogP contribution in [0.1, 0.15) is 52.0 Å². The number of anilines is 1. The molecule has 1 saturated heterocycles. The van der Waals surface area contributed by atoms with Crippen molar-refractivity contribution in [1.29, 1.82) is 0 Å². The summed E-state index contributed by atoms with van der Waals surface area (Å²) < 4.78 is 7.33. The van der Waals surface area contributed by atoms with Gasteiger partial charge in [-0.3, -0.25) is 0 Å². The highest BCUT2D eigenvalue weighted by Gasteiger charge is 2.70. The summed E-state index contributed by atoms with van der Waals surface area (Å²) in [6.45, 7) is 7.11. The van der Waals surface area contributed by atoms with Gasteiger partial charge in [0.25, 0.3) is 0 Å². The van der Waals surface area contributed by atoms with Crippen molar-refractivity contribution in [3.63, 3.8) is 0 Å². The van der Waals surface area contributed by atoms with Gasteiger partial charge in [-0.25, -0.2) is 4.98 Å². The normalized spacial score (nSPS) is 40.8. The summed E-state index contributed by atoms with van der Waals surface area (Å²) in [6.07, 6.45) is 10.6. The summed E-state index contributed by atoms with van der Waals surface area (Å²) in [5.74, 6) is 0.838. The molecule has 5 aliphatic rings. The highest BCUT2D eigenvalue weighted by Crippen LogP contribution is 2.71. The van der Waals surface area contributed by atoms with E-state index in [0.717, 1.165) is 35.6 Å². The zero-order valence-corrected chi connectivity index (χ0v) is 23.0. The van der Waals surface area contributed by atoms with Crippen LogP contribution in [0.25, 0.3) is 16.3 Å². The molecular formula is C32H39N3O3. The molecule has 1 aromatic heterocycles. The molecular weight excluding hydrogens is 474 g/mol. The fourth-order valence-corrected chi connectivity index (χ4v) is 8.88. The summed E-state index contributed by atoms with van der Waals surface area (Å²) >= 11 is 0. The molecule has 1 aromatic carbocycles. The van der Waals surface area contributed by atoms with Crippen LogP contribution in [0.15, 0.2) is 59.8 Å².